The molecule has 2 unspecified atom stereocenters. The van der Waals surface area contributed by atoms with E-state index in [2.05, 4.69) is 4.72 Å². The van der Waals surface area contributed by atoms with Crippen LogP contribution < -0.4 is 9.46 Å². The Kier molecular flexibility index (Phi) is 8.26. The first kappa shape index (κ1) is 27.5. The van der Waals surface area contributed by atoms with Gasteiger partial charge in [0, 0.05) is 17.7 Å². The highest BCUT2D eigenvalue weighted by molar-refractivity contribution is 7.89. The van der Waals surface area contributed by atoms with Gasteiger partial charge in [0.25, 0.3) is 5.91 Å². The Morgan fingerprint density at radius 2 is 1.86 bits per heavy atom. The lowest BCUT2D eigenvalue weighted by atomic mass is 9.83. The Labute approximate surface area is 219 Å². The molecule has 1 aliphatic heterocycles. The number of rotatable bonds is 12. The van der Waals surface area contributed by atoms with Crippen molar-refractivity contribution in [1.29, 1.82) is 0 Å². The molecule has 2 aliphatic rings. The van der Waals surface area contributed by atoms with Gasteiger partial charge in [0.2, 0.25) is 10.0 Å². The van der Waals surface area contributed by atoms with E-state index in [1.54, 1.807) is 36.4 Å². The molecule has 1 fully saturated rings. The number of fused-ring (bicyclic) bond motifs is 1. The minimum atomic E-state index is -3.63. The number of unbranched alkanes of at least 4 members (excludes halogenated alkanes) is 2. The highest BCUT2D eigenvalue weighted by Gasteiger charge is 2.35. The fraction of sp³-hybridized carbons (Fsp3) is 0.536. The van der Waals surface area contributed by atoms with E-state index >= 15 is 0 Å². The minimum absolute atomic E-state index is 0.0669. The van der Waals surface area contributed by atoms with E-state index in [0.29, 0.717) is 55.0 Å². The zero-order valence-corrected chi connectivity index (χ0v) is 22.6. The number of carbonyl (C=O) groups excluding carboxylic acids is 1. The second-order valence-corrected chi connectivity index (χ2v) is 13.1. The van der Waals surface area contributed by atoms with Gasteiger partial charge in [-0.3, -0.25) is 4.79 Å². The molecule has 2 aromatic carbocycles. The summed E-state index contributed by atoms with van der Waals surface area (Å²) in [5.74, 6) is -0.0988. The Morgan fingerprint density at radius 1 is 1.14 bits per heavy atom. The summed E-state index contributed by atoms with van der Waals surface area (Å²) in [6.45, 7) is 6.63. The summed E-state index contributed by atoms with van der Waals surface area (Å²) < 4.78 is 48.8. The van der Waals surface area contributed by atoms with Crippen molar-refractivity contribution in [3.63, 3.8) is 0 Å². The maximum absolute atomic E-state index is 14.3. The van der Waals surface area contributed by atoms with Gasteiger partial charge < -0.3 is 14.7 Å². The van der Waals surface area contributed by atoms with Crippen LogP contribution in [0.25, 0.3) is 0 Å². The Balaban J connectivity index is 1.31. The summed E-state index contributed by atoms with van der Waals surface area (Å²) in [6.07, 6.45) is 2.80. The van der Waals surface area contributed by atoms with Crippen molar-refractivity contribution >= 4 is 15.9 Å². The van der Waals surface area contributed by atoms with Crippen molar-refractivity contribution in [3.05, 3.63) is 65.0 Å². The Bertz CT molecular complexity index is 1220. The summed E-state index contributed by atoms with van der Waals surface area (Å²) in [7, 11) is -3.63. The van der Waals surface area contributed by atoms with Crippen molar-refractivity contribution in [2.45, 2.75) is 65.1 Å². The second kappa shape index (κ2) is 11.1. The van der Waals surface area contributed by atoms with Gasteiger partial charge in [-0.15, -0.1) is 0 Å². The van der Waals surface area contributed by atoms with Gasteiger partial charge in [-0.1, -0.05) is 51.5 Å². The highest BCUT2D eigenvalue weighted by Crippen LogP contribution is 2.37. The average molecular weight is 533 g/mol. The zero-order chi connectivity index (χ0) is 26.8. The first-order chi connectivity index (χ1) is 17.5. The molecule has 0 radical (unpaired) electrons. The van der Waals surface area contributed by atoms with E-state index in [4.69, 9.17) is 4.74 Å². The number of carbonyl (C=O) groups is 1. The molecule has 0 saturated heterocycles. The number of halogens is 1. The third kappa shape index (κ3) is 6.89. The van der Waals surface area contributed by atoms with Crippen molar-refractivity contribution < 1.29 is 27.4 Å². The molecule has 9 heteroatoms. The van der Waals surface area contributed by atoms with Gasteiger partial charge in [-0.2, -0.15) is 0 Å². The van der Waals surface area contributed by atoms with Crippen molar-refractivity contribution in [3.8, 4) is 5.75 Å². The number of aliphatic hydroxyl groups excluding tert-OH is 1. The molecule has 1 saturated carbocycles. The molecule has 4 rings (SSSR count). The van der Waals surface area contributed by atoms with Crippen molar-refractivity contribution in [2.75, 3.05) is 18.9 Å². The third-order valence-corrected chi connectivity index (χ3v) is 8.38. The molecule has 0 spiro atoms. The molecule has 2 atom stereocenters. The summed E-state index contributed by atoms with van der Waals surface area (Å²) >= 11 is 0. The van der Waals surface area contributed by atoms with Gasteiger partial charge in [0.15, 0.2) is 17.8 Å². The van der Waals surface area contributed by atoms with Gasteiger partial charge >= 0.3 is 0 Å². The maximum atomic E-state index is 14.3. The van der Waals surface area contributed by atoms with Crippen LogP contribution >= 0.6 is 0 Å². The fourth-order valence-corrected chi connectivity index (χ4v) is 6.16. The van der Waals surface area contributed by atoms with Crippen LogP contribution in [-0.2, 0) is 10.0 Å². The van der Waals surface area contributed by atoms with Crippen LogP contribution in [-0.4, -0.2) is 43.2 Å². The summed E-state index contributed by atoms with van der Waals surface area (Å²) in [5, 5.41) is 10.4. The van der Waals surface area contributed by atoms with Crippen LogP contribution in [0.4, 0.5) is 4.39 Å². The molecule has 1 aliphatic carbocycles. The standard InChI is InChI=1S/C28H37FN2O5S/c1-28(2,3)25(20-13-14-23(29)24(17-20)36-18-19-11-12-19)30-37(34,35)16-8-4-7-15-31-26(32)21-9-5-6-10-22(21)27(31)33/h5-6,9-10,13-14,17,19,25-26,30,32H,4,7-8,11-12,15-16,18H2,1-3H3. The van der Waals surface area contributed by atoms with Gasteiger partial charge in [0.1, 0.15) is 0 Å². The van der Waals surface area contributed by atoms with Crippen LogP contribution in [0.5, 0.6) is 5.75 Å². The molecular weight excluding hydrogens is 495 g/mol. The number of aliphatic hydroxyl groups is 1. The van der Waals surface area contributed by atoms with E-state index < -0.39 is 33.5 Å². The zero-order valence-electron chi connectivity index (χ0n) is 21.7. The second-order valence-electron chi connectivity index (χ2n) is 11.2. The molecule has 2 N–H and O–H groups in total. The van der Waals surface area contributed by atoms with Gasteiger partial charge in [-0.25, -0.2) is 17.5 Å². The normalized spacial score (nSPS) is 18.7. The van der Waals surface area contributed by atoms with E-state index in [1.807, 2.05) is 20.8 Å². The van der Waals surface area contributed by atoms with Crippen LogP contribution in [0.3, 0.4) is 0 Å². The highest BCUT2D eigenvalue weighted by atomic mass is 32.2. The fourth-order valence-electron chi connectivity index (χ4n) is 4.61. The molecule has 7 nitrogen and oxygen atoms in total. The quantitative estimate of drug-likeness (QED) is 0.378. The lowest BCUT2D eigenvalue weighted by molar-refractivity contribution is 0.0170. The lowest BCUT2D eigenvalue weighted by Gasteiger charge is -2.32. The van der Waals surface area contributed by atoms with E-state index in [-0.39, 0.29) is 17.4 Å². The van der Waals surface area contributed by atoms with Crippen LogP contribution in [0, 0.1) is 17.2 Å². The predicted octanol–water partition coefficient (Wildman–Crippen LogP) is 4.94. The number of hydrogen-bond acceptors (Lipinski definition) is 5. The van der Waals surface area contributed by atoms with Crippen LogP contribution in [0.2, 0.25) is 0 Å². The number of benzene rings is 2. The third-order valence-electron chi connectivity index (χ3n) is 6.96. The number of nitrogens with zero attached hydrogens (tertiary/aromatic N) is 1. The first-order valence-electron chi connectivity index (χ1n) is 13.0. The van der Waals surface area contributed by atoms with E-state index in [0.717, 1.165) is 12.8 Å². The maximum Gasteiger partial charge on any atom is 0.256 e. The number of amides is 1. The number of nitrogens with one attached hydrogen (secondary N) is 1. The molecule has 2 aromatic rings. The minimum Gasteiger partial charge on any atom is -0.490 e. The first-order valence-corrected chi connectivity index (χ1v) is 14.6. The topological polar surface area (TPSA) is 95.9 Å². The molecular formula is C28H37FN2O5S. The molecule has 37 heavy (non-hydrogen) atoms. The number of hydrogen-bond donors (Lipinski definition) is 2. The van der Waals surface area contributed by atoms with Crippen molar-refractivity contribution in [1.82, 2.24) is 9.62 Å². The lowest BCUT2D eigenvalue weighted by Crippen LogP contribution is -2.38. The number of ether oxygens (including phenoxy) is 1. The van der Waals surface area contributed by atoms with Gasteiger partial charge in [-0.05, 0) is 60.8 Å². The Hall–Kier alpha value is -2.49. The monoisotopic (exact) mass is 532 g/mol. The van der Waals surface area contributed by atoms with Crippen molar-refractivity contribution in [2.24, 2.45) is 11.3 Å². The smallest absolute Gasteiger partial charge is 0.256 e. The molecule has 1 amide bonds. The summed E-state index contributed by atoms with van der Waals surface area (Å²) in [5.41, 5.74) is 1.32. The summed E-state index contributed by atoms with van der Waals surface area (Å²) in [4.78, 5) is 14.0. The summed E-state index contributed by atoms with van der Waals surface area (Å²) in [6, 6.07) is 11.0. The molecule has 202 valence electrons. The largest absolute Gasteiger partial charge is 0.490 e. The Morgan fingerprint density at radius 3 is 2.54 bits per heavy atom. The van der Waals surface area contributed by atoms with Crippen LogP contribution in [0.15, 0.2) is 42.5 Å². The van der Waals surface area contributed by atoms with Crippen LogP contribution in [0.1, 0.15) is 86.6 Å². The molecule has 1 heterocycles. The van der Waals surface area contributed by atoms with E-state index in [9.17, 15) is 22.7 Å². The molecule has 0 aromatic heterocycles. The number of sulfonamides is 1. The van der Waals surface area contributed by atoms with E-state index in [1.165, 1.54) is 11.0 Å². The predicted molar refractivity (Wildman–Crippen MR) is 140 cm³/mol. The SMILES string of the molecule is CC(C)(C)C(NS(=O)(=O)CCCCCN1C(=O)c2ccccc2C1O)c1ccc(F)c(OCC2CC2)c1. The molecule has 0 bridgehead atoms. The van der Waals surface area contributed by atoms with Gasteiger partial charge in [0.05, 0.1) is 18.4 Å². The average Bonchev–Trinajstić information content (AvgIpc) is 3.64.